The Hall–Kier alpha value is -2.40. The number of hydrogen-bond acceptors (Lipinski definition) is 3. The van der Waals surface area contributed by atoms with Gasteiger partial charge in [0.1, 0.15) is 5.82 Å². The van der Waals surface area contributed by atoms with Crippen LogP contribution in [0, 0.1) is 5.82 Å². The van der Waals surface area contributed by atoms with Gasteiger partial charge in [0.25, 0.3) is 5.91 Å². The maximum Gasteiger partial charge on any atom is 0.255 e. The Labute approximate surface area is 115 Å². The molecule has 0 atom stereocenters. The van der Waals surface area contributed by atoms with Gasteiger partial charge in [0, 0.05) is 5.56 Å². The first kappa shape index (κ1) is 12.6. The van der Waals surface area contributed by atoms with Gasteiger partial charge >= 0.3 is 0 Å². The first-order chi connectivity index (χ1) is 9.63. The molecular weight excluding hydrogens is 259 g/mol. The Bertz CT molecular complexity index is 686. The number of hydrogen-bond donors (Lipinski definition) is 2. The summed E-state index contributed by atoms with van der Waals surface area (Å²) in [7, 11) is 0. The van der Waals surface area contributed by atoms with Crippen LogP contribution in [-0.2, 0) is 18.0 Å². The van der Waals surface area contributed by atoms with Crippen molar-refractivity contribution in [3.63, 3.8) is 0 Å². The molecule has 1 amide bonds. The summed E-state index contributed by atoms with van der Waals surface area (Å²) in [6.45, 7) is 1.11. The van der Waals surface area contributed by atoms with E-state index in [2.05, 4.69) is 5.32 Å². The van der Waals surface area contributed by atoms with Crippen molar-refractivity contribution in [2.24, 2.45) is 0 Å². The van der Waals surface area contributed by atoms with Crippen molar-refractivity contribution in [1.82, 2.24) is 0 Å². The van der Waals surface area contributed by atoms with Gasteiger partial charge in [0.2, 0.25) is 0 Å². The standard InChI is InChI=1S/C15H13FN2O2/c16-12-3-4-14(13(17)6-12)18-15(19)9-1-2-10-7-20-8-11(10)5-9/h1-6H,7-8,17H2,(H,18,19). The topological polar surface area (TPSA) is 64.3 Å². The zero-order chi connectivity index (χ0) is 14.1. The van der Waals surface area contributed by atoms with Crippen LogP contribution >= 0.6 is 0 Å². The molecule has 1 aliphatic heterocycles. The van der Waals surface area contributed by atoms with E-state index in [1.54, 1.807) is 12.1 Å². The minimum Gasteiger partial charge on any atom is -0.397 e. The number of anilines is 2. The fraction of sp³-hybridized carbons (Fsp3) is 0.133. The second kappa shape index (κ2) is 4.94. The second-order valence-electron chi connectivity index (χ2n) is 4.66. The number of ether oxygens (including phenoxy) is 1. The molecule has 102 valence electrons. The molecule has 0 aromatic heterocycles. The van der Waals surface area contributed by atoms with Crippen molar-refractivity contribution in [2.45, 2.75) is 13.2 Å². The molecule has 0 spiro atoms. The van der Waals surface area contributed by atoms with Gasteiger partial charge in [-0.15, -0.1) is 0 Å². The van der Waals surface area contributed by atoms with Crippen LogP contribution in [0.4, 0.5) is 15.8 Å². The molecule has 2 aromatic rings. The average Bonchev–Trinajstić information content (AvgIpc) is 2.89. The quantitative estimate of drug-likeness (QED) is 0.826. The Morgan fingerprint density at radius 2 is 1.95 bits per heavy atom. The Kier molecular flexibility index (Phi) is 3.12. The largest absolute Gasteiger partial charge is 0.397 e. The van der Waals surface area contributed by atoms with Gasteiger partial charge in [-0.2, -0.15) is 0 Å². The van der Waals surface area contributed by atoms with Crippen molar-refractivity contribution in [1.29, 1.82) is 0 Å². The van der Waals surface area contributed by atoms with Gasteiger partial charge in [-0.3, -0.25) is 4.79 Å². The molecular formula is C15H13FN2O2. The molecule has 0 aliphatic carbocycles. The normalized spacial score (nSPS) is 13.1. The van der Waals surface area contributed by atoms with E-state index < -0.39 is 5.82 Å². The van der Waals surface area contributed by atoms with Gasteiger partial charge < -0.3 is 15.8 Å². The van der Waals surface area contributed by atoms with E-state index in [1.807, 2.05) is 6.07 Å². The van der Waals surface area contributed by atoms with E-state index in [1.165, 1.54) is 18.2 Å². The zero-order valence-corrected chi connectivity index (χ0v) is 10.7. The van der Waals surface area contributed by atoms with E-state index in [-0.39, 0.29) is 11.6 Å². The number of halogens is 1. The molecule has 2 aromatic carbocycles. The fourth-order valence-corrected chi connectivity index (χ4v) is 2.16. The number of nitrogen functional groups attached to an aromatic ring is 1. The number of carbonyl (C=O) groups is 1. The highest BCUT2D eigenvalue weighted by atomic mass is 19.1. The summed E-state index contributed by atoms with van der Waals surface area (Å²) in [5.74, 6) is -0.715. The summed E-state index contributed by atoms with van der Waals surface area (Å²) in [4.78, 5) is 12.1. The van der Waals surface area contributed by atoms with E-state index in [9.17, 15) is 9.18 Å². The van der Waals surface area contributed by atoms with Crippen LogP contribution in [-0.4, -0.2) is 5.91 Å². The van der Waals surface area contributed by atoms with Crippen molar-refractivity contribution in [3.05, 3.63) is 58.9 Å². The molecule has 0 saturated carbocycles. The summed E-state index contributed by atoms with van der Waals surface area (Å²) in [6.07, 6.45) is 0. The van der Waals surface area contributed by atoms with E-state index >= 15 is 0 Å². The number of rotatable bonds is 2. The Morgan fingerprint density at radius 1 is 1.15 bits per heavy atom. The molecule has 5 heteroatoms. The maximum absolute atomic E-state index is 13.0. The van der Waals surface area contributed by atoms with E-state index in [0.717, 1.165) is 11.1 Å². The smallest absolute Gasteiger partial charge is 0.255 e. The molecule has 20 heavy (non-hydrogen) atoms. The average molecular weight is 272 g/mol. The third-order valence-corrected chi connectivity index (χ3v) is 3.25. The SMILES string of the molecule is Nc1cc(F)ccc1NC(=O)c1ccc2c(c1)COC2. The lowest BCUT2D eigenvalue weighted by Crippen LogP contribution is -2.13. The summed E-state index contributed by atoms with van der Waals surface area (Å²) in [5.41, 5.74) is 8.90. The lowest BCUT2D eigenvalue weighted by Gasteiger charge is -2.09. The van der Waals surface area contributed by atoms with Gasteiger partial charge in [-0.05, 0) is 41.5 Å². The van der Waals surface area contributed by atoms with Gasteiger partial charge in [0.05, 0.1) is 24.6 Å². The van der Waals surface area contributed by atoms with Crippen LogP contribution < -0.4 is 11.1 Å². The van der Waals surface area contributed by atoms with Crippen LogP contribution in [0.2, 0.25) is 0 Å². The van der Waals surface area contributed by atoms with Crippen molar-refractivity contribution in [2.75, 3.05) is 11.1 Å². The van der Waals surface area contributed by atoms with Gasteiger partial charge in [-0.25, -0.2) is 4.39 Å². The predicted molar refractivity (Wildman–Crippen MR) is 73.7 cm³/mol. The lowest BCUT2D eigenvalue weighted by atomic mass is 10.1. The molecule has 3 rings (SSSR count). The third-order valence-electron chi connectivity index (χ3n) is 3.25. The first-order valence-electron chi connectivity index (χ1n) is 6.19. The Balaban J connectivity index is 1.82. The lowest BCUT2D eigenvalue weighted by molar-refractivity contribution is 0.102. The molecule has 0 unspecified atom stereocenters. The number of nitrogens with one attached hydrogen (secondary N) is 1. The summed E-state index contributed by atoms with van der Waals surface area (Å²) in [5, 5.41) is 2.67. The highest BCUT2D eigenvalue weighted by Gasteiger charge is 2.15. The summed E-state index contributed by atoms with van der Waals surface area (Å²) in [6, 6.07) is 9.29. The second-order valence-corrected chi connectivity index (χ2v) is 4.66. The highest BCUT2D eigenvalue weighted by molar-refractivity contribution is 6.05. The van der Waals surface area contributed by atoms with E-state index in [0.29, 0.717) is 24.5 Å². The van der Waals surface area contributed by atoms with Crippen molar-refractivity contribution >= 4 is 17.3 Å². The molecule has 0 radical (unpaired) electrons. The maximum atomic E-state index is 13.0. The van der Waals surface area contributed by atoms with Crippen LogP contribution in [0.3, 0.4) is 0 Å². The van der Waals surface area contributed by atoms with Crippen LogP contribution in [0.25, 0.3) is 0 Å². The molecule has 4 nitrogen and oxygen atoms in total. The molecule has 0 saturated heterocycles. The predicted octanol–water partition coefficient (Wildman–Crippen LogP) is 2.69. The van der Waals surface area contributed by atoms with Gasteiger partial charge in [-0.1, -0.05) is 6.07 Å². The molecule has 1 aliphatic rings. The molecule has 3 N–H and O–H groups in total. The van der Waals surface area contributed by atoms with Crippen molar-refractivity contribution in [3.8, 4) is 0 Å². The molecule has 0 fully saturated rings. The van der Waals surface area contributed by atoms with Crippen molar-refractivity contribution < 1.29 is 13.9 Å². The first-order valence-corrected chi connectivity index (χ1v) is 6.19. The number of benzene rings is 2. The highest BCUT2D eigenvalue weighted by Crippen LogP contribution is 2.23. The third kappa shape index (κ3) is 2.35. The van der Waals surface area contributed by atoms with Crippen LogP contribution in [0.1, 0.15) is 21.5 Å². The molecule has 1 heterocycles. The Morgan fingerprint density at radius 3 is 2.75 bits per heavy atom. The number of nitrogens with two attached hydrogens (primary N) is 1. The minimum atomic E-state index is -0.435. The number of carbonyl (C=O) groups excluding carboxylic acids is 1. The van der Waals surface area contributed by atoms with Crippen LogP contribution in [0.15, 0.2) is 36.4 Å². The number of fused-ring (bicyclic) bond motifs is 1. The monoisotopic (exact) mass is 272 g/mol. The minimum absolute atomic E-state index is 0.197. The summed E-state index contributed by atoms with van der Waals surface area (Å²) < 4.78 is 18.3. The van der Waals surface area contributed by atoms with E-state index in [4.69, 9.17) is 10.5 Å². The summed E-state index contributed by atoms with van der Waals surface area (Å²) >= 11 is 0. The van der Waals surface area contributed by atoms with Crippen LogP contribution in [0.5, 0.6) is 0 Å². The molecule has 0 bridgehead atoms. The number of amides is 1. The zero-order valence-electron chi connectivity index (χ0n) is 10.7. The fourth-order valence-electron chi connectivity index (χ4n) is 2.16. The van der Waals surface area contributed by atoms with Gasteiger partial charge in [0.15, 0.2) is 0 Å².